The molecule has 0 aliphatic heterocycles. The van der Waals surface area contributed by atoms with Gasteiger partial charge in [0.1, 0.15) is 5.15 Å². The van der Waals surface area contributed by atoms with Gasteiger partial charge in [0.05, 0.1) is 12.0 Å². The Balaban J connectivity index is 2.85. The van der Waals surface area contributed by atoms with E-state index in [1.54, 1.807) is 0 Å². The number of rotatable bonds is 1. The van der Waals surface area contributed by atoms with Crippen LogP contribution in [0.1, 0.15) is 12.0 Å². The highest BCUT2D eigenvalue weighted by atomic mass is 35.5. The summed E-state index contributed by atoms with van der Waals surface area (Å²) in [4.78, 5) is 17.7. The average molecular weight is 230 g/mol. The van der Waals surface area contributed by atoms with E-state index in [0.29, 0.717) is 5.56 Å². The lowest BCUT2D eigenvalue weighted by Gasteiger charge is -1.93. The predicted molar refractivity (Wildman–Crippen MR) is 52.7 cm³/mol. The molecule has 0 saturated carbocycles. The number of carbonyl (C=O) groups excluding carboxylic acids is 1. The van der Waals surface area contributed by atoms with E-state index < -0.39 is 5.91 Å². The van der Waals surface area contributed by atoms with Crippen molar-refractivity contribution in [3.8, 4) is 11.8 Å². The van der Waals surface area contributed by atoms with E-state index in [-0.39, 0.29) is 16.9 Å². The highest BCUT2D eigenvalue weighted by Crippen LogP contribution is 2.12. The molecule has 0 atom stereocenters. The second kappa shape index (κ2) is 4.80. The molecule has 1 aromatic heterocycles. The fourth-order valence-electron chi connectivity index (χ4n) is 0.652. The zero-order valence-electron chi connectivity index (χ0n) is 6.92. The van der Waals surface area contributed by atoms with Crippen molar-refractivity contribution in [3.63, 3.8) is 0 Å². The van der Waals surface area contributed by atoms with E-state index in [0.717, 1.165) is 0 Å². The molecule has 2 N–H and O–H groups in total. The lowest BCUT2D eigenvalue weighted by molar-refractivity contribution is -0.117. The molecule has 0 radical (unpaired) electrons. The summed E-state index contributed by atoms with van der Waals surface area (Å²) in [6.45, 7) is 0. The van der Waals surface area contributed by atoms with Crippen molar-refractivity contribution in [1.82, 2.24) is 9.97 Å². The van der Waals surface area contributed by atoms with Gasteiger partial charge in [-0.25, -0.2) is 9.97 Å². The maximum absolute atomic E-state index is 10.4. The predicted octanol–water partition coefficient (Wildman–Crippen LogP) is 1.01. The molecule has 0 aromatic carbocycles. The van der Waals surface area contributed by atoms with Gasteiger partial charge in [0.25, 0.3) is 0 Å². The van der Waals surface area contributed by atoms with E-state index in [1.807, 2.05) is 0 Å². The summed E-state index contributed by atoms with van der Waals surface area (Å²) in [6.07, 6.45) is 1.35. The van der Waals surface area contributed by atoms with Crippen LogP contribution in [0.5, 0.6) is 0 Å². The van der Waals surface area contributed by atoms with Crippen molar-refractivity contribution in [1.29, 1.82) is 0 Å². The van der Waals surface area contributed by atoms with Gasteiger partial charge in [-0.2, -0.15) is 0 Å². The molecule has 0 saturated heterocycles. The number of amides is 1. The second-order valence-electron chi connectivity index (χ2n) is 2.29. The Hall–Kier alpha value is -1.31. The van der Waals surface area contributed by atoms with Crippen molar-refractivity contribution >= 4 is 29.1 Å². The molecule has 6 heteroatoms. The molecule has 0 aliphatic rings. The van der Waals surface area contributed by atoms with Crippen molar-refractivity contribution in [3.05, 3.63) is 22.2 Å². The minimum absolute atomic E-state index is 0.0288. The highest BCUT2D eigenvalue weighted by Gasteiger charge is 2.00. The van der Waals surface area contributed by atoms with Gasteiger partial charge in [-0.05, 0) is 11.6 Å². The lowest BCUT2D eigenvalue weighted by Crippen LogP contribution is -2.08. The van der Waals surface area contributed by atoms with Crippen molar-refractivity contribution in [2.75, 3.05) is 0 Å². The van der Waals surface area contributed by atoms with E-state index >= 15 is 0 Å². The minimum atomic E-state index is -0.497. The van der Waals surface area contributed by atoms with Crippen LogP contribution >= 0.6 is 23.2 Å². The SMILES string of the molecule is NC(=O)CC#Cc1cnc(Cl)nc1Cl. The Morgan fingerprint density at radius 3 is 2.86 bits per heavy atom. The van der Waals surface area contributed by atoms with Gasteiger partial charge in [-0.3, -0.25) is 4.79 Å². The summed E-state index contributed by atoms with van der Waals surface area (Å²) < 4.78 is 0. The van der Waals surface area contributed by atoms with Crippen LogP contribution in [0.25, 0.3) is 0 Å². The van der Waals surface area contributed by atoms with Gasteiger partial charge in [0, 0.05) is 6.20 Å². The molecule has 0 fully saturated rings. The minimum Gasteiger partial charge on any atom is -0.369 e. The van der Waals surface area contributed by atoms with Gasteiger partial charge in [0.15, 0.2) is 0 Å². The Morgan fingerprint density at radius 2 is 2.29 bits per heavy atom. The van der Waals surface area contributed by atoms with Crippen LogP contribution in [-0.2, 0) is 4.79 Å². The number of carbonyl (C=O) groups is 1. The van der Waals surface area contributed by atoms with Crippen LogP contribution in [0, 0.1) is 11.8 Å². The Bertz CT molecular complexity index is 422. The molecule has 14 heavy (non-hydrogen) atoms. The molecule has 4 nitrogen and oxygen atoms in total. The summed E-state index contributed by atoms with van der Waals surface area (Å²) in [5.74, 6) is 4.64. The van der Waals surface area contributed by atoms with Crippen LogP contribution in [0.4, 0.5) is 0 Å². The fraction of sp³-hybridized carbons (Fsp3) is 0.125. The van der Waals surface area contributed by atoms with Crippen LogP contribution in [-0.4, -0.2) is 15.9 Å². The first kappa shape index (κ1) is 10.8. The molecular formula is C8H5Cl2N3O. The van der Waals surface area contributed by atoms with Gasteiger partial charge < -0.3 is 5.73 Å². The molecule has 1 rings (SSSR count). The second-order valence-corrected chi connectivity index (χ2v) is 2.98. The summed E-state index contributed by atoms with van der Waals surface area (Å²) in [7, 11) is 0. The van der Waals surface area contributed by atoms with Crippen molar-refractivity contribution in [2.24, 2.45) is 5.73 Å². The third-order valence-corrected chi connectivity index (χ3v) is 1.67. The topological polar surface area (TPSA) is 68.9 Å². The maximum atomic E-state index is 10.4. The van der Waals surface area contributed by atoms with Crippen LogP contribution in [0.3, 0.4) is 0 Å². The molecule has 0 aliphatic carbocycles. The molecular weight excluding hydrogens is 225 g/mol. The van der Waals surface area contributed by atoms with Crippen molar-refractivity contribution in [2.45, 2.75) is 6.42 Å². The van der Waals surface area contributed by atoms with Gasteiger partial charge in [-0.1, -0.05) is 23.4 Å². The number of halogens is 2. The fourth-order valence-corrected chi connectivity index (χ4v) is 1.00. The van der Waals surface area contributed by atoms with Gasteiger partial charge in [0.2, 0.25) is 11.2 Å². The number of hydrogen-bond donors (Lipinski definition) is 1. The molecule has 1 aromatic rings. The Morgan fingerprint density at radius 1 is 1.57 bits per heavy atom. The third-order valence-electron chi connectivity index (χ3n) is 1.20. The van der Waals surface area contributed by atoms with Crippen molar-refractivity contribution < 1.29 is 4.79 Å². The monoisotopic (exact) mass is 229 g/mol. The standard InChI is InChI=1S/C8H5Cl2N3O/c9-7-5(2-1-3-6(11)14)4-12-8(10)13-7/h4H,3H2,(H2,11,14). The summed E-state index contributed by atoms with van der Waals surface area (Å²) in [5, 5.41) is 0.206. The first-order chi connectivity index (χ1) is 6.59. The molecule has 1 heterocycles. The molecule has 1 amide bonds. The van der Waals surface area contributed by atoms with Gasteiger partial charge in [-0.15, -0.1) is 0 Å². The first-order valence-corrected chi connectivity index (χ1v) is 4.30. The van der Waals surface area contributed by atoms with E-state index in [2.05, 4.69) is 21.8 Å². The Labute approximate surface area is 90.4 Å². The average Bonchev–Trinajstić information content (AvgIpc) is 2.08. The summed E-state index contributed by atoms with van der Waals surface area (Å²) >= 11 is 11.2. The summed E-state index contributed by atoms with van der Waals surface area (Å²) in [6, 6.07) is 0. The van der Waals surface area contributed by atoms with Crippen LogP contribution < -0.4 is 5.73 Å². The largest absolute Gasteiger partial charge is 0.369 e. The lowest BCUT2D eigenvalue weighted by atomic mass is 10.3. The maximum Gasteiger partial charge on any atom is 0.229 e. The smallest absolute Gasteiger partial charge is 0.229 e. The first-order valence-electron chi connectivity index (χ1n) is 3.55. The third kappa shape index (κ3) is 3.21. The number of nitrogens with two attached hydrogens (primary N) is 1. The van der Waals surface area contributed by atoms with E-state index in [4.69, 9.17) is 28.9 Å². The highest BCUT2D eigenvalue weighted by molar-refractivity contribution is 6.32. The molecule has 0 spiro atoms. The number of hydrogen-bond acceptors (Lipinski definition) is 3. The number of primary amides is 1. The van der Waals surface area contributed by atoms with E-state index in [1.165, 1.54) is 6.20 Å². The number of aromatic nitrogens is 2. The number of nitrogens with zero attached hydrogens (tertiary/aromatic N) is 2. The van der Waals surface area contributed by atoms with E-state index in [9.17, 15) is 4.79 Å². The molecule has 72 valence electrons. The normalized spacial score (nSPS) is 9.00. The molecule has 0 bridgehead atoms. The van der Waals surface area contributed by atoms with Crippen LogP contribution in [0.2, 0.25) is 10.4 Å². The zero-order chi connectivity index (χ0) is 10.6. The quantitative estimate of drug-likeness (QED) is 0.444. The molecule has 0 unspecified atom stereocenters. The Kier molecular flexibility index (Phi) is 3.69. The van der Waals surface area contributed by atoms with Gasteiger partial charge >= 0.3 is 0 Å². The zero-order valence-corrected chi connectivity index (χ0v) is 8.43. The van der Waals surface area contributed by atoms with Crippen LogP contribution in [0.15, 0.2) is 6.20 Å². The summed E-state index contributed by atoms with van der Waals surface area (Å²) in [5.41, 5.74) is 5.31.